The maximum Gasteiger partial charge on any atom is 0.248 e. The first kappa shape index (κ1) is 16.3. The van der Waals surface area contributed by atoms with Crippen molar-refractivity contribution in [1.82, 2.24) is 4.90 Å². The van der Waals surface area contributed by atoms with Crippen LogP contribution >= 0.6 is 0 Å². The van der Waals surface area contributed by atoms with Crippen LogP contribution in [0.2, 0.25) is 0 Å². The molecule has 1 saturated heterocycles. The normalized spacial score (nSPS) is 34.8. The molecule has 2 fully saturated rings. The Balaban J connectivity index is 2.38. The predicted molar refractivity (Wildman–Crippen MR) is 85.7 cm³/mol. The van der Waals surface area contributed by atoms with Gasteiger partial charge in [-0.3, -0.25) is 4.79 Å². The minimum Gasteiger partial charge on any atom is -0.351 e. The fourth-order valence-corrected chi connectivity index (χ4v) is 3.94. The van der Waals surface area contributed by atoms with Gasteiger partial charge < -0.3 is 9.64 Å². The topological polar surface area (TPSA) is 29.5 Å². The molecule has 21 heavy (non-hydrogen) atoms. The van der Waals surface area contributed by atoms with Crippen LogP contribution in [0.4, 0.5) is 0 Å². The molecule has 1 heterocycles. The van der Waals surface area contributed by atoms with E-state index >= 15 is 0 Å². The highest BCUT2D eigenvalue weighted by atomic mass is 16.5. The summed E-state index contributed by atoms with van der Waals surface area (Å²) >= 11 is 0. The van der Waals surface area contributed by atoms with Crippen molar-refractivity contribution in [2.45, 2.75) is 71.8 Å². The largest absolute Gasteiger partial charge is 0.351 e. The van der Waals surface area contributed by atoms with Crippen molar-refractivity contribution >= 4 is 5.91 Å². The number of fused-ring (bicyclic) bond motifs is 1. The lowest BCUT2D eigenvalue weighted by Gasteiger charge is -2.56. The molecule has 0 aromatic rings. The van der Waals surface area contributed by atoms with Crippen LogP contribution in [0.25, 0.3) is 0 Å². The number of ether oxygens (including phenoxy) is 1. The molecule has 1 amide bonds. The molecular formula is C18H29NO2. The van der Waals surface area contributed by atoms with Crippen molar-refractivity contribution in [2.24, 2.45) is 11.8 Å². The van der Waals surface area contributed by atoms with E-state index in [2.05, 4.69) is 33.4 Å². The van der Waals surface area contributed by atoms with Crippen molar-refractivity contribution in [2.75, 3.05) is 0 Å². The molecular weight excluding hydrogens is 262 g/mol. The summed E-state index contributed by atoms with van der Waals surface area (Å²) in [4.78, 5) is 14.3. The Morgan fingerprint density at radius 3 is 2.57 bits per heavy atom. The van der Waals surface area contributed by atoms with E-state index in [1.165, 1.54) is 18.1 Å². The quantitative estimate of drug-likeness (QED) is 0.570. The summed E-state index contributed by atoms with van der Waals surface area (Å²) in [5, 5.41) is 0. The van der Waals surface area contributed by atoms with Crippen molar-refractivity contribution in [3.05, 3.63) is 24.3 Å². The molecule has 1 aliphatic heterocycles. The van der Waals surface area contributed by atoms with Crippen LogP contribution in [0.5, 0.6) is 0 Å². The number of allylic oxidation sites excluding steroid dienone is 1. The van der Waals surface area contributed by atoms with E-state index in [1.54, 1.807) is 0 Å². The summed E-state index contributed by atoms with van der Waals surface area (Å²) in [5.41, 5.74) is 0.963. The predicted octanol–water partition coefficient (Wildman–Crippen LogP) is 3.91. The highest BCUT2D eigenvalue weighted by Gasteiger charge is 2.51. The third-order valence-electron chi connectivity index (χ3n) is 5.04. The zero-order chi connectivity index (χ0) is 15.8. The van der Waals surface area contributed by atoms with E-state index in [4.69, 9.17) is 4.74 Å². The van der Waals surface area contributed by atoms with Gasteiger partial charge in [0.1, 0.15) is 0 Å². The number of carbonyl (C=O) groups is 1. The van der Waals surface area contributed by atoms with Gasteiger partial charge in [-0.25, -0.2) is 0 Å². The summed E-state index contributed by atoms with van der Waals surface area (Å²) in [7, 11) is 0. The Labute approximate surface area is 129 Å². The molecule has 2 aliphatic rings. The molecule has 0 spiro atoms. The van der Waals surface area contributed by atoms with Crippen molar-refractivity contribution < 1.29 is 9.53 Å². The Morgan fingerprint density at radius 2 is 2.00 bits per heavy atom. The van der Waals surface area contributed by atoms with Crippen LogP contribution in [0, 0.1) is 11.8 Å². The number of rotatable bonds is 2. The van der Waals surface area contributed by atoms with Crippen LogP contribution in [-0.4, -0.2) is 28.7 Å². The van der Waals surface area contributed by atoms with E-state index in [-0.39, 0.29) is 23.8 Å². The molecule has 0 N–H and O–H groups in total. The fourth-order valence-electron chi connectivity index (χ4n) is 3.94. The first-order valence-corrected chi connectivity index (χ1v) is 8.03. The molecule has 0 radical (unpaired) electrons. The Kier molecular flexibility index (Phi) is 4.62. The van der Waals surface area contributed by atoms with Gasteiger partial charge in [-0.2, -0.15) is 0 Å². The standard InChI is InChI=1S/C18H29NO2/c1-7-16(20)19-17(10-12(2)3)21-15-11-13(4)8-9-14(15)18(19,5)6/h7,10,13-15,17H,1,8-9,11H2,2-6H3. The minimum absolute atomic E-state index is 0.0421. The monoisotopic (exact) mass is 291 g/mol. The molecule has 3 heteroatoms. The number of hydrogen-bond donors (Lipinski definition) is 0. The van der Waals surface area contributed by atoms with Gasteiger partial charge in [0.2, 0.25) is 5.91 Å². The van der Waals surface area contributed by atoms with Gasteiger partial charge in [0, 0.05) is 11.5 Å². The van der Waals surface area contributed by atoms with E-state index in [0.717, 1.165) is 12.8 Å². The minimum atomic E-state index is -0.276. The van der Waals surface area contributed by atoms with E-state index < -0.39 is 0 Å². The second-order valence-corrected chi connectivity index (χ2v) is 7.40. The second kappa shape index (κ2) is 5.96. The zero-order valence-corrected chi connectivity index (χ0v) is 14.1. The SMILES string of the molecule is C=CC(=O)N1C(C=C(C)C)OC2CC(C)CCC2C1(C)C. The summed E-state index contributed by atoms with van der Waals surface area (Å²) in [6.45, 7) is 14.4. The molecule has 4 atom stereocenters. The Morgan fingerprint density at radius 1 is 1.33 bits per heavy atom. The van der Waals surface area contributed by atoms with Crippen LogP contribution in [0.1, 0.15) is 53.9 Å². The highest BCUT2D eigenvalue weighted by Crippen LogP contribution is 2.45. The summed E-state index contributed by atoms with van der Waals surface area (Å²) < 4.78 is 6.32. The molecule has 0 bridgehead atoms. The van der Waals surface area contributed by atoms with E-state index in [9.17, 15) is 4.79 Å². The van der Waals surface area contributed by atoms with Crippen molar-refractivity contribution in [1.29, 1.82) is 0 Å². The molecule has 3 nitrogen and oxygen atoms in total. The lowest BCUT2D eigenvalue weighted by Crippen LogP contribution is -2.65. The van der Waals surface area contributed by atoms with Gasteiger partial charge in [0.05, 0.1) is 6.10 Å². The van der Waals surface area contributed by atoms with Crippen LogP contribution < -0.4 is 0 Å². The van der Waals surface area contributed by atoms with Crippen molar-refractivity contribution in [3.8, 4) is 0 Å². The van der Waals surface area contributed by atoms with Crippen LogP contribution in [0.15, 0.2) is 24.3 Å². The molecule has 118 valence electrons. The van der Waals surface area contributed by atoms with Gasteiger partial charge in [0.15, 0.2) is 6.23 Å². The Bertz CT molecular complexity index is 448. The van der Waals surface area contributed by atoms with Crippen molar-refractivity contribution in [3.63, 3.8) is 0 Å². The van der Waals surface area contributed by atoms with Gasteiger partial charge in [0.25, 0.3) is 0 Å². The highest BCUT2D eigenvalue weighted by molar-refractivity contribution is 5.88. The lowest BCUT2D eigenvalue weighted by molar-refractivity contribution is -0.213. The van der Waals surface area contributed by atoms with E-state index in [1.807, 2.05) is 18.7 Å². The maximum absolute atomic E-state index is 12.4. The first-order chi connectivity index (χ1) is 9.77. The number of amides is 1. The molecule has 0 aromatic carbocycles. The maximum atomic E-state index is 12.4. The summed E-state index contributed by atoms with van der Waals surface area (Å²) in [6.07, 6.45) is 6.87. The average Bonchev–Trinajstić information content (AvgIpc) is 2.36. The first-order valence-electron chi connectivity index (χ1n) is 8.03. The Hall–Kier alpha value is -1.09. The van der Waals surface area contributed by atoms with Gasteiger partial charge in [-0.15, -0.1) is 0 Å². The van der Waals surface area contributed by atoms with Crippen LogP contribution in [-0.2, 0) is 9.53 Å². The fraction of sp³-hybridized carbons (Fsp3) is 0.722. The van der Waals surface area contributed by atoms with E-state index in [0.29, 0.717) is 11.8 Å². The zero-order valence-electron chi connectivity index (χ0n) is 14.1. The number of hydrogen-bond acceptors (Lipinski definition) is 2. The third kappa shape index (κ3) is 3.08. The summed E-state index contributed by atoms with van der Waals surface area (Å²) in [6, 6.07) is 0. The second-order valence-electron chi connectivity index (χ2n) is 7.40. The number of nitrogens with zero attached hydrogens (tertiary/aromatic N) is 1. The lowest BCUT2D eigenvalue weighted by atomic mass is 9.69. The van der Waals surface area contributed by atoms with Gasteiger partial charge in [-0.1, -0.05) is 25.5 Å². The van der Waals surface area contributed by atoms with Crippen LogP contribution in [0.3, 0.4) is 0 Å². The molecule has 4 unspecified atom stereocenters. The molecule has 1 saturated carbocycles. The average molecular weight is 291 g/mol. The summed E-state index contributed by atoms with van der Waals surface area (Å²) in [5.74, 6) is 1.06. The molecule has 0 aromatic heterocycles. The van der Waals surface area contributed by atoms with Gasteiger partial charge >= 0.3 is 0 Å². The van der Waals surface area contributed by atoms with Gasteiger partial charge in [-0.05, 0) is 58.6 Å². The molecule has 1 aliphatic carbocycles. The molecule has 2 rings (SSSR count). The number of carbonyl (C=O) groups excluding carboxylic acids is 1. The smallest absolute Gasteiger partial charge is 0.248 e. The third-order valence-corrected chi connectivity index (χ3v) is 5.04.